The predicted octanol–water partition coefficient (Wildman–Crippen LogP) is -1.02. The highest BCUT2D eigenvalue weighted by atomic mass is 16.4. The van der Waals surface area contributed by atoms with Gasteiger partial charge in [-0.15, -0.1) is 0 Å². The standard InChI is InChI=1S/C9H11N3O4/c1-5(9(15)16)10-8(14)6-3-4-7(13)12(2)11-6/h3-5H,1-2H3,(H,10,14)(H,15,16)/t5-/m1/s1. The Morgan fingerprint density at radius 3 is 2.62 bits per heavy atom. The van der Waals surface area contributed by atoms with Crippen molar-refractivity contribution < 1.29 is 14.7 Å². The van der Waals surface area contributed by atoms with Gasteiger partial charge in [-0.05, 0) is 13.0 Å². The maximum atomic E-state index is 11.5. The van der Waals surface area contributed by atoms with Gasteiger partial charge in [-0.2, -0.15) is 5.10 Å². The Morgan fingerprint density at radius 2 is 2.12 bits per heavy atom. The molecule has 0 saturated heterocycles. The van der Waals surface area contributed by atoms with Crippen LogP contribution in [0, 0.1) is 0 Å². The van der Waals surface area contributed by atoms with Crippen LogP contribution in [0.15, 0.2) is 16.9 Å². The molecule has 7 nitrogen and oxygen atoms in total. The van der Waals surface area contributed by atoms with Crippen molar-refractivity contribution in [3.8, 4) is 0 Å². The van der Waals surface area contributed by atoms with E-state index < -0.39 is 17.9 Å². The number of nitrogens with zero attached hydrogens (tertiary/aromatic N) is 2. The summed E-state index contributed by atoms with van der Waals surface area (Å²) >= 11 is 0. The molecule has 0 spiro atoms. The van der Waals surface area contributed by atoms with Crippen molar-refractivity contribution in [3.63, 3.8) is 0 Å². The Hall–Kier alpha value is -2.18. The number of aliphatic carboxylic acids is 1. The van der Waals surface area contributed by atoms with E-state index in [-0.39, 0.29) is 11.3 Å². The van der Waals surface area contributed by atoms with Crippen molar-refractivity contribution in [2.75, 3.05) is 0 Å². The topological polar surface area (TPSA) is 101 Å². The zero-order chi connectivity index (χ0) is 12.3. The molecule has 86 valence electrons. The van der Waals surface area contributed by atoms with Crippen LogP contribution in [0.5, 0.6) is 0 Å². The number of amides is 1. The molecular weight excluding hydrogens is 214 g/mol. The highest BCUT2D eigenvalue weighted by molar-refractivity contribution is 5.94. The van der Waals surface area contributed by atoms with E-state index in [1.807, 2.05) is 0 Å². The zero-order valence-corrected chi connectivity index (χ0v) is 8.80. The SMILES string of the molecule is C[C@@H](NC(=O)c1ccc(=O)n(C)n1)C(=O)O. The van der Waals surface area contributed by atoms with Crippen LogP contribution in [-0.4, -0.2) is 32.8 Å². The van der Waals surface area contributed by atoms with Gasteiger partial charge in [0.25, 0.3) is 11.5 Å². The van der Waals surface area contributed by atoms with E-state index in [0.717, 1.165) is 4.68 Å². The fourth-order valence-electron chi connectivity index (χ4n) is 0.956. The minimum atomic E-state index is -1.14. The van der Waals surface area contributed by atoms with Gasteiger partial charge in [-0.25, -0.2) is 4.68 Å². The van der Waals surface area contributed by atoms with E-state index >= 15 is 0 Å². The van der Waals surface area contributed by atoms with Gasteiger partial charge in [0.1, 0.15) is 11.7 Å². The molecule has 0 aliphatic rings. The number of hydrogen-bond donors (Lipinski definition) is 2. The van der Waals surface area contributed by atoms with Crippen molar-refractivity contribution in [2.24, 2.45) is 7.05 Å². The van der Waals surface area contributed by atoms with Gasteiger partial charge in [0.15, 0.2) is 0 Å². The molecule has 1 rings (SSSR count). The van der Waals surface area contributed by atoms with Gasteiger partial charge < -0.3 is 10.4 Å². The lowest BCUT2D eigenvalue weighted by Gasteiger charge is -2.08. The molecule has 0 unspecified atom stereocenters. The average Bonchev–Trinajstić information content (AvgIpc) is 2.21. The zero-order valence-electron chi connectivity index (χ0n) is 8.80. The molecule has 1 amide bonds. The highest BCUT2D eigenvalue weighted by Crippen LogP contribution is 1.92. The number of hydrogen-bond acceptors (Lipinski definition) is 4. The molecule has 0 aromatic carbocycles. The third-order valence-electron chi connectivity index (χ3n) is 1.91. The first-order valence-corrected chi connectivity index (χ1v) is 4.50. The van der Waals surface area contributed by atoms with E-state index in [1.165, 1.54) is 26.1 Å². The number of aryl methyl sites for hydroxylation is 1. The third-order valence-corrected chi connectivity index (χ3v) is 1.91. The Kier molecular flexibility index (Phi) is 3.39. The van der Waals surface area contributed by atoms with E-state index in [9.17, 15) is 14.4 Å². The second-order valence-electron chi connectivity index (χ2n) is 3.21. The molecule has 16 heavy (non-hydrogen) atoms. The summed E-state index contributed by atoms with van der Waals surface area (Å²) in [7, 11) is 1.40. The van der Waals surface area contributed by atoms with Gasteiger partial charge in [-0.1, -0.05) is 0 Å². The summed E-state index contributed by atoms with van der Waals surface area (Å²) in [5, 5.41) is 14.5. The van der Waals surface area contributed by atoms with Gasteiger partial charge in [0, 0.05) is 13.1 Å². The summed E-state index contributed by atoms with van der Waals surface area (Å²) in [6.07, 6.45) is 0. The van der Waals surface area contributed by atoms with Crippen LogP contribution >= 0.6 is 0 Å². The number of nitrogens with one attached hydrogen (secondary N) is 1. The summed E-state index contributed by atoms with van der Waals surface area (Å²) in [5.41, 5.74) is -0.349. The predicted molar refractivity (Wildman–Crippen MR) is 54.0 cm³/mol. The summed E-state index contributed by atoms with van der Waals surface area (Å²) in [6, 6.07) is 1.42. The summed E-state index contributed by atoms with van der Waals surface area (Å²) in [6.45, 7) is 1.34. The molecule has 1 atom stereocenters. The molecule has 0 saturated carbocycles. The molecule has 2 N–H and O–H groups in total. The Bertz CT molecular complexity index is 480. The molecule has 1 heterocycles. The first kappa shape index (κ1) is 11.9. The van der Waals surface area contributed by atoms with Crippen LogP contribution in [0.3, 0.4) is 0 Å². The second kappa shape index (κ2) is 4.56. The number of carbonyl (C=O) groups is 2. The molecular formula is C9H11N3O4. The maximum absolute atomic E-state index is 11.5. The van der Waals surface area contributed by atoms with Gasteiger partial charge in [0.05, 0.1) is 0 Å². The molecule has 7 heteroatoms. The number of carbonyl (C=O) groups excluding carboxylic acids is 1. The van der Waals surface area contributed by atoms with E-state index in [4.69, 9.17) is 5.11 Å². The van der Waals surface area contributed by atoms with Crippen LogP contribution in [0.4, 0.5) is 0 Å². The molecule has 0 aliphatic carbocycles. The van der Waals surface area contributed by atoms with Crippen molar-refractivity contribution in [3.05, 3.63) is 28.2 Å². The number of carboxylic acid groups (broad SMARTS) is 1. The number of carboxylic acids is 1. The van der Waals surface area contributed by atoms with E-state index in [1.54, 1.807) is 0 Å². The minimum absolute atomic E-state index is 0.00444. The van der Waals surface area contributed by atoms with E-state index in [0.29, 0.717) is 0 Å². The smallest absolute Gasteiger partial charge is 0.325 e. The van der Waals surface area contributed by atoms with Crippen LogP contribution in [0.2, 0.25) is 0 Å². The highest BCUT2D eigenvalue weighted by Gasteiger charge is 2.16. The van der Waals surface area contributed by atoms with Crippen molar-refractivity contribution >= 4 is 11.9 Å². The summed E-state index contributed by atoms with van der Waals surface area (Å²) < 4.78 is 1.00. The average molecular weight is 225 g/mol. The fraction of sp³-hybridized carbons (Fsp3) is 0.333. The molecule has 1 aromatic heterocycles. The van der Waals surface area contributed by atoms with Crippen LogP contribution in [0.1, 0.15) is 17.4 Å². The van der Waals surface area contributed by atoms with Crippen molar-refractivity contribution in [1.29, 1.82) is 0 Å². The molecule has 0 aliphatic heterocycles. The maximum Gasteiger partial charge on any atom is 0.325 e. The first-order valence-electron chi connectivity index (χ1n) is 4.50. The summed E-state index contributed by atoms with van der Waals surface area (Å²) in [4.78, 5) is 33.0. The molecule has 0 fully saturated rings. The monoisotopic (exact) mass is 225 g/mol. The Labute approximate surface area is 90.7 Å². The fourth-order valence-corrected chi connectivity index (χ4v) is 0.956. The molecule has 1 aromatic rings. The molecule has 0 bridgehead atoms. The van der Waals surface area contributed by atoms with E-state index in [2.05, 4.69) is 10.4 Å². The quantitative estimate of drug-likeness (QED) is 0.685. The Morgan fingerprint density at radius 1 is 1.50 bits per heavy atom. The first-order chi connectivity index (χ1) is 7.41. The number of aromatic nitrogens is 2. The van der Waals surface area contributed by atoms with Gasteiger partial charge >= 0.3 is 5.97 Å². The van der Waals surface area contributed by atoms with Gasteiger partial charge in [0.2, 0.25) is 0 Å². The van der Waals surface area contributed by atoms with Crippen LogP contribution < -0.4 is 10.9 Å². The van der Waals surface area contributed by atoms with Crippen molar-refractivity contribution in [2.45, 2.75) is 13.0 Å². The number of rotatable bonds is 3. The normalized spacial score (nSPS) is 11.9. The van der Waals surface area contributed by atoms with Crippen LogP contribution in [-0.2, 0) is 11.8 Å². The van der Waals surface area contributed by atoms with Crippen molar-refractivity contribution in [1.82, 2.24) is 15.1 Å². The van der Waals surface area contributed by atoms with Gasteiger partial charge in [-0.3, -0.25) is 14.4 Å². The summed E-state index contributed by atoms with van der Waals surface area (Å²) in [5.74, 6) is -1.77. The lowest BCUT2D eigenvalue weighted by molar-refractivity contribution is -0.138. The molecule has 0 radical (unpaired) electrons. The van der Waals surface area contributed by atoms with Crippen LogP contribution in [0.25, 0.3) is 0 Å². The second-order valence-corrected chi connectivity index (χ2v) is 3.21. The Balaban J connectivity index is 2.85. The lowest BCUT2D eigenvalue weighted by atomic mass is 10.3. The minimum Gasteiger partial charge on any atom is -0.480 e. The largest absolute Gasteiger partial charge is 0.480 e. The third kappa shape index (κ3) is 2.66. The lowest BCUT2D eigenvalue weighted by Crippen LogP contribution is -2.39.